The highest BCUT2D eigenvalue weighted by Crippen LogP contribution is 2.53. The van der Waals surface area contributed by atoms with E-state index in [9.17, 15) is 5.11 Å². The Labute approximate surface area is 88.2 Å². The van der Waals surface area contributed by atoms with E-state index in [-0.39, 0.29) is 11.5 Å². The van der Waals surface area contributed by atoms with Crippen LogP contribution in [0.2, 0.25) is 0 Å². The third-order valence-corrected chi connectivity index (χ3v) is 3.35. The van der Waals surface area contributed by atoms with Crippen LogP contribution in [0, 0.1) is 5.41 Å². The van der Waals surface area contributed by atoms with Crippen molar-refractivity contribution in [2.24, 2.45) is 5.41 Å². The molecule has 1 unspecified atom stereocenters. The van der Waals surface area contributed by atoms with Gasteiger partial charge in [0.25, 0.3) is 0 Å². The Balaban J connectivity index is 2.37. The van der Waals surface area contributed by atoms with Crippen molar-refractivity contribution < 1.29 is 5.11 Å². The number of hydrogen-bond acceptors (Lipinski definition) is 1. The molecule has 1 aliphatic carbocycles. The molecule has 0 saturated heterocycles. The fourth-order valence-corrected chi connectivity index (χ4v) is 1.94. The first-order valence-corrected chi connectivity index (χ1v) is 5.92. The first-order chi connectivity index (χ1) is 6.60. The van der Waals surface area contributed by atoms with Crippen LogP contribution in [-0.2, 0) is 0 Å². The first-order valence-electron chi connectivity index (χ1n) is 5.92. The molecule has 0 aromatic rings. The van der Waals surface area contributed by atoms with Crippen molar-refractivity contribution in [2.75, 3.05) is 0 Å². The summed E-state index contributed by atoms with van der Waals surface area (Å²) >= 11 is 0. The van der Waals surface area contributed by atoms with Crippen molar-refractivity contribution in [1.82, 2.24) is 0 Å². The van der Waals surface area contributed by atoms with E-state index in [4.69, 9.17) is 0 Å². The molecule has 1 fully saturated rings. The summed E-state index contributed by atoms with van der Waals surface area (Å²) < 4.78 is 0. The van der Waals surface area contributed by atoms with Crippen LogP contribution in [0.5, 0.6) is 0 Å². The summed E-state index contributed by atoms with van der Waals surface area (Å²) in [5, 5.41) is 10.1. The largest absolute Gasteiger partial charge is 0.393 e. The average Bonchev–Trinajstić information content (AvgIpc) is 2.92. The molecule has 1 nitrogen and oxygen atoms in total. The summed E-state index contributed by atoms with van der Waals surface area (Å²) in [4.78, 5) is 0. The molecule has 14 heavy (non-hydrogen) atoms. The van der Waals surface area contributed by atoms with Crippen LogP contribution < -0.4 is 0 Å². The van der Waals surface area contributed by atoms with Gasteiger partial charge in [0.2, 0.25) is 0 Å². The number of allylic oxidation sites excluding steroid dienone is 2. The van der Waals surface area contributed by atoms with Crippen molar-refractivity contribution in [1.29, 1.82) is 0 Å². The van der Waals surface area contributed by atoms with Gasteiger partial charge in [-0.05, 0) is 44.9 Å². The Kier molecular flexibility index (Phi) is 4.18. The van der Waals surface area contributed by atoms with Crippen LogP contribution in [0.25, 0.3) is 0 Å². The van der Waals surface area contributed by atoms with E-state index in [0.29, 0.717) is 0 Å². The minimum atomic E-state index is -0.0574. The van der Waals surface area contributed by atoms with Crippen molar-refractivity contribution >= 4 is 0 Å². The van der Waals surface area contributed by atoms with Crippen LogP contribution in [0.1, 0.15) is 59.3 Å². The molecule has 82 valence electrons. The molecule has 1 atom stereocenters. The molecule has 0 amide bonds. The lowest BCUT2D eigenvalue weighted by Gasteiger charge is -2.20. The van der Waals surface area contributed by atoms with E-state index in [2.05, 4.69) is 26.8 Å². The number of hydrogen-bond donors (Lipinski definition) is 1. The lowest BCUT2D eigenvalue weighted by Crippen LogP contribution is -2.21. The average molecular weight is 196 g/mol. The Bertz CT molecular complexity index is 197. The molecule has 0 aromatic carbocycles. The molecule has 0 radical (unpaired) electrons. The van der Waals surface area contributed by atoms with Crippen LogP contribution in [0.4, 0.5) is 0 Å². The van der Waals surface area contributed by atoms with E-state index < -0.39 is 0 Å². The molecule has 1 aliphatic rings. The second-order valence-electron chi connectivity index (χ2n) is 5.01. The number of unbranched alkanes of at least 4 members (excludes halogenated alkanes) is 1. The molecule has 1 rings (SSSR count). The minimum Gasteiger partial charge on any atom is -0.393 e. The smallest absolute Gasteiger partial charge is 0.0599 e. The van der Waals surface area contributed by atoms with Gasteiger partial charge in [-0.3, -0.25) is 0 Å². The quantitative estimate of drug-likeness (QED) is 0.643. The van der Waals surface area contributed by atoms with E-state index in [0.717, 1.165) is 19.3 Å². The number of aliphatic hydroxyl groups excluding tert-OH is 1. The Morgan fingerprint density at radius 3 is 2.50 bits per heavy atom. The molecule has 0 aliphatic heterocycles. The van der Waals surface area contributed by atoms with Gasteiger partial charge >= 0.3 is 0 Å². The summed E-state index contributed by atoms with van der Waals surface area (Å²) in [5.41, 5.74) is 1.64. The van der Waals surface area contributed by atoms with Crippen LogP contribution in [-0.4, -0.2) is 11.2 Å². The Morgan fingerprint density at radius 1 is 1.43 bits per heavy atom. The van der Waals surface area contributed by atoms with Gasteiger partial charge in [0.1, 0.15) is 0 Å². The lowest BCUT2D eigenvalue weighted by atomic mass is 9.90. The fraction of sp³-hybridized carbons (Fsp3) is 0.846. The molecule has 1 heteroatoms. The molecule has 0 heterocycles. The third kappa shape index (κ3) is 3.13. The molecular formula is C13H24O. The minimum absolute atomic E-state index is 0.0574. The first kappa shape index (κ1) is 11.8. The molecular weight excluding hydrogens is 172 g/mol. The van der Waals surface area contributed by atoms with E-state index in [1.54, 1.807) is 0 Å². The van der Waals surface area contributed by atoms with E-state index in [1.807, 2.05) is 0 Å². The van der Waals surface area contributed by atoms with Crippen LogP contribution >= 0.6 is 0 Å². The molecule has 0 aromatic heterocycles. The summed E-state index contributed by atoms with van der Waals surface area (Å²) in [5.74, 6) is 0. The van der Waals surface area contributed by atoms with Gasteiger partial charge in [-0.2, -0.15) is 0 Å². The van der Waals surface area contributed by atoms with Gasteiger partial charge in [0.05, 0.1) is 6.10 Å². The van der Waals surface area contributed by atoms with Crippen molar-refractivity contribution in [2.45, 2.75) is 65.4 Å². The van der Waals surface area contributed by atoms with Gasteiger partial charge in [0, 0.05) is 0 Å². The zero-order valence-electron chi connectivity index (χ0n) is 9.84. The lowest BCUT2D eigenvalue weighted by molar-refractivity contribution is 0.0832. The Morgan fingerprint density at radius 2 is 2.07 bits per heavy atom. The van der Waals surface area contributed by atoms with Gasteiger partial charge in [0.15, 0.2) is 0 Å². The van der Waals surface area contributed by atoms with Crippen molar-refractivity contribution in [3.63, 3.8) is 0 Å². The maximum absolute atomic E-state index is 10.1. The second kappa shape index (κ2) is 4.97. The van der Waals surface area contributed by atoms with Gasteiger partial charge < -0.3 is 5.11 Å². The molecule has 1 saturated carbocycles. The maximum atomic E-state index is 10.1. The monoisotopic (exact) mass is 196 g/mol. The zero-order chi connectivity index (χ0) is 10.6. The standard InChI is InChI=1S/C13H24O/c1-4-5-6-12(14)13(9-10-13)8-7-11(2)3/h7,12,14H,4-6,8-10H2,1-3H3. The van der Waals surface area contributed by atoms with E-state index in [1.165, 1.54) is 24.8 Å². The van der Waals surface area contributed by atoms with Crippen molar-refractivity contribution in [3.05, 3.63) is 11.6 Å². The number of rotatable bonds is 6. The highest BCUT2D eigenvalue weighted by molar-refractivity contribution is 5.06. The summed E-state index contributed by atoms with van der Waals surface area (Å²) in [7, 11) is 0. The van der Waals surface area contributed by atoms with E-state index >= 15 is 0 Å². The third-order valence-electron chi connectivity index (χ3n) is 3.35. The molecule has 1 N–H and O–H groups in total. The topological polar surface area (TPSA) is 20.2 Å². The normalized spacial score (nSPS) is 20.3. The highest BCUT2D eigenvalue weighted by atomic mass is 16.3. The zero-order valence-corrected chi connectivity index (χ0v) is 9.84. The summed E-state index contributed by atoms with van der Waals surface area (Å²) in [6, 6.07) is 0. The van der Waals surface area contributed by atoms with Gasteiger partial charge in [-0.15, -0.1) is 0 Å². The fourth-order valence-electron chi connectivity index (χ4n) is 1.94. The van der Waals surface area contributed by atoms with Gasteiger partial charge in [-0.1, -0.05) is 31.4 Å². The highest BCUT2D eigenvalue weighted by Gasteiger charge is 2.47. The van der Waals surface area contributed by atoms with Gasteiger partial charge in [-0.25, -0.2) is 0 Å². The second-order valence-corrected chi connectivity index (χ2v) is 5.01. The summed E-state index contributed by atoms with van der Waals surface area (Å²) in [6.07, 6.45) is 9.10. The maximum Gasteiger partial charge on any atom is 0.0599 e. The number of aliphatic hydroxyl groups is 1. The predicted octanol–water partition coefficient (Wildman–Crippen LogP) is 3.67. The SMILES string of the molecule is CCCCC(O)C1(CC=C(C)C)CC1. The van der Waals surface area contributed by atoms with Crippen LogP contribution in [0.15, 0.2) is 11.6 Å². The Hall–Kier alpha value is -0.300. The van der Waals surface area contributed by atoms with Crippen LogP contribution in [0.3, 0.4) is 0 Å². The summed E-state index contributed by atoms with van der Waals surface area (Å²) in [6.45, 7) is 6.45. The predicted molar refractivity (Wildman–Crippen MR) is 61.2 cm³/mol. The van der Waals surface area contributed by atoms with Crippen molar-refractivity contribution in [3.8, 4) is 0 Å². The molecule has 0 bridgehead atoms. The molecule has 0 spiro atoms.